The van der Waals surface area contributed by atoms with Gasteiger partial charge in [-0.25, -0.2) is 0 Å². The molecule has 132 valence electrons. The molecule has 5 nitrogen and oxygen atoms in total. The second-order valence-corrected chi connectivity index (χ2v) is 6.85. The Balaban J connectivity index is 1.92. The molecule has 0 spiro atoms. The van der Waals surface area contributed by atoms with E-state index in [0.29, 0.717) is 22.1 Å². The molecule has 0 saturated heterocycles. The molecular formula is C20H18N2O3S. The zero-order chi connectivity index (χ0) is 18.5. The Morgan fingerprint density at radius 2 is 2.08 bits per heavy atom. The minimum absolute atomic E-state index is 0.0256. The number of amides is 1. The fourth-order valence-electron chi connectivity index (χ4n) is 2.86. The highest BCUT2D eigenvalue weighted by Gasteiger charge is 2.30. The number of nitriles is 1. The minimum Gasteiger partial charge on any atom is -0.504 e. The number of allylic oxidation sites excluding steroid dienone is 1. The molecule has 0 saturated carbocycles. The molecule has 0 unspecified atom stereocenters. The highest BCUT2D eigenvalue weighted by Crippen LogP contribution is 2.39. The molecule has 1 amide bonds. The standard InChI is InChI=1S/C20H18N2O3S/c1-25-18-9-14(7-8-17(18)23)15-10-19(24)22-20(16(15)11-21)26-12-13-5-3-2-4-6-13/h2-9,15,23H,10,12H2,1H3,(H,22,24)/t15-/m0/s1. The molecular weight excluding hydrogens is 348 g/mol. The SMILES string of the molecule is COc1cc([C@@H]2CC(=O)NC(SCc3ccccc3)=C2C#N)ccc1O. The predicted octanol–water partition coefficient (Wildman–Crippen LogP) is 3.67. The van der Waals surface area contributed by atoms with E-state index in [1.165, 1.54) is 24.9 Å². The molecule has 1 aliphatic rings. The molecule has 0 radical (unpaired) electrons. The summed E-state index contributed by atoms with van der Waals surface area (Å²) < 4.78 is 5.15. The first-order valence-electron chi connectivity index (χ1n) is 8.10. The first-order chi connectivity index (χ1) is 12.6. The van der Waals surface area contributed by atoms with Crippen molar-refractivity contribution in [3.63, 3.8) is 0 Å². The van der Waals surface area contributed by atoms with Gasteiger partial charge >= 0.3 is 0 Å². The molecule has 1 heterocycles. The second kappa shape index (κ2) is 7.98. The normalized spacial score (nSPS) is 16.8. The minimum atomic E-state index is -0.360. The lowest BCUT2D eigenvalue weighted by molar-refractivity contribution is -0.120. The maximum atomic E-state index is 12.2. The van der Waals surface area contributed by atoms with Gasteiger partial charge in [0.25, 0.3) is 0 Å². The van der Waals surface area contributed by atoms with Crippen molar-refractivity contribution in [1.82, 2.24) is 5.32 Å². The fourth-order valence-corrected chi connectivity index (χ4v) is 3.89. The van der Waals surface area contributed by atoms with Gasteiger partial charge in [-0.1, -0.05) is 36.4 Å². The summed E-state index contributed by atoms with van der Waals surface area (Å²) in [5.41, 5.74) is 2.41. The van der Waals surface area contributed by atoms with Crippen LogP contribution in [0.5, 0.6) is 11.5 Å². The van der Waals surface area contributed by atoms with E-state index in [1.54, 1.807) is 12.1 Å². The lowest BCUT2D eigenvalue weighted by Gasteiger charge is -2.25. The zero-order valence-corrected chi connectivity index (χ0v) is 15.0. The average molecular weight is 366 g/mol. The molecule has 3 rings (SSSR count). The van der Waals surface area contributed by atoms with Crippen LogP contribution in [0.4, 0.5) is 0 Å². The lowest BCUT2D eigenvalue weighted by atomic mass is 9.87. The molecule has 2 N–H and O–H groups in total. The van der Waals surface area contributed by atoms with E-state index < -0.39 is 0 Å². The highest BCUT2D eigenvalue weighted by molar-refractivity contribution is 8.02. The monoisotopic (exact) mass is 366 g/mol. The number of phenolic OH excluding ortho intramolecular Hbond substituents is 1. The number of benzene rings is 2. The third kappa shape index (κ3) is 3.84. The number of nitrogens with zero attached hydrogens (tertiary/aromatic N) is 1. The molecule has 2 aromatic carbocycles. The van der Waals surface area contributed by atoms with E-state index >= 15 is 0 Å². The van der Waals surface area contributed by atoms with Crippen molar-refractivity contribution >= 4 is 17.7 Å². The highest BCUT2D eigenvalue weighted by atomic mass is 32.2. The molecule has 2 aromatic rings. The Bertz CT molecular complexity index is 888. The number of carbonyl (C=O) groups excluding carboxylic acids is 1. The van der Waals surface area contributed by atoms with Gasteiger partial charge in [-0.2, -0.15) is 5.26 Å². The molecule has 0 fully saturated rings. The van der Waals surface area contributed by atoms with Crippen LogP contribution in [0.1, 0.15) is 23.5 Å². The van der Waals surface area contributed by atoms with Gasteiger partial charge in [0.15, 0.2) is 11.5 Å². The molecule has 26 heavy (non-hydrogen) atoms. The van der Waals surface area contributed by atoms with Gasteiger partial charge in [0, 0.05) is 18.1 Å². The first-order valence-corrected chi connectivity index (χ1v) is 9.08. The van der Waals surface area contributed by atoms with E-state index in [4.69, 9.17) is 4.74 Å². The number of thioether (sulfide) groups is 1. The number of rotatable bonds is 5. The molecule has 0 aliphatic carbocycles. The number of hydrogen-bond donors (Lipinski definition) is 2. The summed E-state index contributed by atoms with van der Waals surface area (Å²) in [5.74, 6) is 0.521. The number of methoxy groups -OCH3 is 1. The van der Waals surface area contributed by atoms with Gasteiger partial charge in [0.2, 0.25) is 5.91 Å². The van der Waals surface area contributed by atoms with Crippen molar-refractivity contribution in [2.45, 2.75) is 18.1 Å². The zero-order valence-electron chi connectivity index (χ0n) is 14.2. The maximum absolute atomic E-state index is 12.2. The third-order valence-electron chi connectivity index (χ3n) is 4.19. The van der Waals surface area contributed by atoms with Crippen LogP contribution >= 0.6 is 11.8 Å². The topological polar surface area (TPSA) is 82.3 Å². The van der Waals surface area contributed by atoms with E-state index in [9.17, 15) is 15.2 Å². The van der Waals surface area contributed by atoms with Crippen LogP contribution in [-0.2, 0) is 10.5 Å². The molecule has 1 atom stereocenters. The second-order valence-electron chi connectivity index (χ2n) is 5.87. The van der Waals surface area contributed by atoms with Crippen molar-refractivity contribution in [2.75, 3.05) is 7.11 Å². The molecule has 6 heteroatoms. The van der Waals surface area contributed by atoms with Crippen LogP contribution in [0.2, 0.25) is 0 Å². The van der Waals surface area contributed by atoms with Crippen LogP contribution in [0, 0.1) is 11.3 Å². The largest absolute Gasteiger partial charge is 0.504 e. The van der Waals surface area contributed by atoms with Gasteiger partial charge in [0.1, 0.15) is 0 Å². The van der Waals surface area contributed by atoms with Crippen molar-refractivity contribution in [1.29, 1.82) is 5.26 Å². The number of nitrogens with one attached hydrogen (secondary N) is 1. The summed E-state index contributed by atoms with van der Waals surface area (Å²) in [6.45, 7) is 0. The van der Waals surface area contributed by atoms with E-state index in [-0.39, 0.29) is 24.0 Å². The quantitative estimate of drug-likeness (QED) is 0.844. The van der Waals surface area contributed by atoms with Crippen LogP contribution in [0.25, 0.3) is 0 Å². The predicted molar refractivity (Wildman–Crippen MR) is 101 cm³/mol. The number of carbonyl (C=O) groups is 1. The summed E-state index contributed by atoms with van der Waals surface area (Å²) in [6.07, 6.45) is 0.187. The van der Waals surface area contributed by atoms with Gasteiger partial charge in [-0.3, -0.25) is 4.79 Å². The van der Waals surface area contributed by atoms with E-state index in [1.807, 2.05) is 30.3 Å². The van der Waals surface area contributed by atoms with Crippen LogP contribution in [0.15, 0.2) is 59.1 Å². The van der Waals surface area contributed by atoms with Gasteiger partial charge < -0.3 is 15.2 Å². The number of aromatic hydroxyl groups is 1. The summed E-state index contributed by atoms with van der Waals surface area (Å²) in [4.78, 5) is 12.2. The Labute approximate surface area is 156 Å². The summed E-state index contributed by atoms with van der Waals surface area (Å²) in [5, 5.41) is 22.9. The summed E-state index contributed by atoms with van der Waals surface area (Å²) in [6, 6.07) is 17.0. The Hall–Kier alpha value is -2.91. The van der Waals surface area contributed by atoms with Crippen molar-refractivity contribution in [2.24, 2.45) is 0 Å². The maximum Gasteiger partial charge on any atom is 0.225 e. The molecule has 0 aromatic heterocycles. The number of hydrogen-bond acceptors (Lipinski definition) is 5. The Morgan fingerprint density at radius 3 is 2.77 bits per heavy atom. The number of phenols is 1. The molecule has 0 bridgehead atoms. The molecule has 1 aliphatic heterocycles. The van der Waals surface area contributed by atoms with Crippen molar-refractivity contribution in [3.05, 3.63) is 70.3 Å². The Morgan fingerprint density at radius 1 is 1.31 bits per heavy atom. The van der Waals surface area contributed by atoms with Crippen molar-refractivity contribution in [3.8, 4) is 17.6 Å². The number of ether oxygens (including phenoxy) is 1. The lowest BCUT2D eigenvalue weighted by Crippen LogP contribution is -2.30. The third-order valence-corrected chi connectivity index (χ3v) is 5.28. The van der Waals surface area contributed by atoms with E-state index in [0.717, 1.165) is 11.1 Å². The van der Waals surface area contributed by atoms with Crippen LogP contribution < -0.4 is 10.1 Å². The average Bonchev–Trinajstić information content (AvgIpc) is 2.67. The van der Waals surface area contributed by atoms with E-state index in [2.05, 4.69) is 11.4 Å². The Kier molecular flexibility index (Phi) is 5.49. The first kappa shape index (κ1) is 17.9. The van der Waals surface area contributed by atoms with Crippen LogP contribution in [0.3, 0.4) is 0 Å². The van der Waals surface area contributed by atoms with Gasteiger partial charge in [-0.15, -0.1) is 11.8 Å². The summed E-state index contributed by atoms with van der Waals surface area (Å²) >= 11 is 1.44. The smallest absolute Gasteiger partial charge is 0.225 e. The van der Waals surface area contributed by atoms with Crippen molar-refractivity contribution < 1.29 is 14.6 Å². The van der Waals surface area contributed by atoms with Gasteiger partial charge in [-0.05, 0) is 23.3 Å². The van der Waals surface area contributed by atoms with Gasteiger partial charge in [0.05, 0.1) is 23.8 Å². The fraction of sp³-hybridized carbons (Fsp3) is 0.200. The van der Waals surface area contributed by atoms with Crippen LogP contribution in [-0.4, -0.2) is 18.1 Å². The summed E-state index contributed by atoms with van der Waals surface area (Å²) in [7, 11) is 1.47.